The van der Waals surface area contributed by atoms with Gasteiger partial charge in [0.1, 0.15) is 5.75 Å². The molecule has 3 rings (SSSR count). The lowest BCUT2D eigenvalue weighted by Gasteiger charge is -2.25. The zero-order valence-corrected chi connectivity index (χ0v) is 17.8. The van der Waals surface area contributed by atoms with Crippen molar-refractivity contribution < 1.29 is 22.6 Å². The average Bonchev–Trinajstić information content (AvgIpc) is 3.18. The molecule has 0 amide bonds. The zero-order chi connectivity index (χ0) is 19.6. The summed E-state index contributed by atoms with van der Waals surface area (Å²) in [6, 6.07) is 10.1. The van der Waals surface area contributed by atoms with Crippen LogP contribution in [0.3, 0.4) is 0 Å². The van der Waals surface area contributed by atoms with E-state index in [1.54, 1.807) is 49.9 Å². The van der Waals surface area contributed by atoms with Crippen molar-refractivity contribution in [2.75, 3.05) is 27.9 Å². The monoisotopic (exact) mass is 455 g/mol. The van der Waals surface area contributed by atoms with Crippen molar-refractivity contribution in [1.82, 2.24) is 4.31 Å². The van der Waals surface area contributed by atoms with Gasteiger partial charge in [-0.3, -0.25) is 0 Å². The molecule has 146 valence electrons. The first-order chi connectivity index (χ1) is 12.9. The number of rotatable bonds is 6. The van der Waals surface area contributed by atoms with E-state index in [1.165, 1.54) is 0 Å². The van der Waals surface area contributed by atoms with E-state index >= 15 is 0 Å². The number of halogens is 1. The van der Waals surface area contributed by atoms with Crippen molar-refractivity contribution in [3.8, 4) is 17.2 Å². The molecule has 1 atom stereocenters. The minimum atomic E-state index is -3.64. The van der Waals surface area contributed by atoms with Crippen LogP contribution in [0.25, 0.3) is 0 Å². The molecule has 6 nitrogen and oxygen atoms in total. The van der Waals surface area contributed by atoms with E-state index in [2.05, 4.69) is 15.9 Å². The SMILES string of the molecule is COc1ccc(S(=O)(=O)N2CCCC2c2ccc(OC)c(OC)c2)cc1Br. The number of hydrogen-bond acceptors (Lipinski definition) is 5. The Labute approximate surface area is 168 Å². The molecule has 0 spiro atoms. The fourth-order valence-corrected chi connectivity index (χ4v) is 5.77. The summed E-state index contributed by atoms with van der Waals surface area (Å²) in [4.78, 5) is 0.238. The Bertz CT molecular complexity index is 932. The van der Waals surface area contributed by atoms with Gasteiger partial charge in [-0.25, -0.2) is 8.42 Å². The zero-order valence-electron chi connectivity index (χ0n) is 15.4. The second-order valence-corrected chi connectivity index (χ2v) is 8.93. The lowest BCUT2D eigenvalue weighted by atomic mass is 10.0. The normalized spacial score (nSPS) is 17.7. The van der Waals surface area contributed by atoms with Gasteiger partial charge in [0, 0.05) is 6.54 Å². The van der Waals surface area contributed by atoms with Crippen LogP contribution in [0.1, 0.15) is 24.4 Å². The molecule has 1 aliphatic heterocycles. The van der Waals surface area contributed by atoms with Crippen LogP contribution in [0.15, 0.2) is 45.8 Å². The first-order valence-electron chi connectivity index (χ1n) is 8.49. The van der Waals surface area contributed by atoms with Gasteiger partial charge in [0.05, 0.1) is 36.7 Å². The van der Waals surface area contributed by atoms with E-state index in [-0.39, 0.29) is 10.9 Å². The highest BCUT2D eigenvalue weighted by Gasteiger charge is 2.36. The molecule has 2 aromatic rings. The van der Waals surface area contributed by atoms with E-state index in [9.17, 15) is 8.42 Å². The standard InChI is InChI=1S/C19H22BrNO5S/c1-24-17-9-7-14(12-15(17)20)27(22,23)21-10-4-5-16(21)13-6-8-18(25-2)19(11-13)26-3/h6-9,11-12,16H,4-5,10H2,1-3H3. The van der Waals surface area contributed by atoms with Crippen molar-refractivity contribution in [1.29, 1.82) is 0 Å². The lowest BCUT2D eigenvalue weighted by Crippen LogP contribution is -2.30. The Morgan fingerprint density at radius 2 is 1.63 bits per heavy atom. The fourth-order valence-electron chi connectivity index (χ4n) is 3.36. The summed E-state index contributed by atoms with van der Waals surface area (Å²) in [6.45, 7) is 0.477. The maximum atomic E-state index is 13.3. The first kappa shape index (κ1) is 20.0. The molecule has 0 aromatic heterocycles. The van der Waals surface area contributed by atoms with Crippen molar-refractivity contribution in [3.05, 3.63) is 46.4 Å². The van der Waals surface area contributed by atoms with Gasteiger partial charge < -0.3 is 14.2 Å². The molecule has 8 heteroatoms. The van der Waals surface area contributed by atoms with Crippen LogP contribution in [0.5, 0.6) is 17.2 Å². The van der Waals surface area contributed by atoms with Crippen LogP contribution in [0.4, 0.5) is 0 Å². The molecule has 1 saturated heterocycles. The van der Waals surface area contributed by atoms with Gasteiger partial charge in [0.2, 0.25) is 10.0 Å². The molecule has 1 unspecified atom stereocenters. The minimum absolute atomic E-state index is 0.238. The number of benzene rings is 2. The van der Waals surface area contributed by atoms with E-state index in [4.69, 9.17) is 14.2 Å². The topological polar surface area (TPSA) is 65.1 Å². The maximum Gasteiger partial charge on any atom is 0.243 e. The van der Waals surface area contributed by atoms with E-state index in [1.807, 2.05) is 12.1 Å². The summed E-state index contributed by atoms with van der Waals surface area (Å²) in [6.07, 6.45) is 1.56. The van der Waals surface area contributed by atoms with E-state index < -0.39 is 10.0 Å². The Kier molecular flexibility index (Phi) is 5.98. The molecule has 0 bridgehead atoms. The Morgan fingerprint density at radius 3 is 2.26 bits per heavy atom. The molecule has 1 fully saturated rings. The third-order valence-electron chi connectivity index (χ3n) is 4.73. The third-order valence-corrected chi connectivity index (χ3v) is 7.25. The largest absolute Gasteiger partial charge is 0.496 e. The quantitative estimate of drug-likeness (QED) is 0.658. The van der Waals surface area contributed by atoms with Crippen molar-refractivity contribution in [2.24, 2.45) is 0 Å². The molecule has 0 radical (unpaired) electrons. The molecule has 0 saturated carbocycles. The number of hydrogen-bond donors (Lipinski definition) is 0. The predicted molar refractivity (Wildman–Crippen MR) is 106 cm³/mol. The lowest BCUT2D eigenvalue weighted by molar-refractivity contribution is 0.351. The summed E-state index contributed by atoms with van der Waals surface area (Å²) in [5.74, 6) is 1.80. The van der Waals surface area contributed by atoms with Crippen molar-refractivity contribution >= 4 is 26.0 Å². The number of nitrogens with zero attached hydrogens (tertiary/aromatic N) is 1. The van der Waals surface area contributed by atoms with Crippen LogP contribution in [0, 0.1) is 0 Å². The highest BCUT2D eigenvalue weighted by Crippen LogP contribution is 2.40. The number of methoxy groups -OCH3 is 3. The van der Waals surface area contributed by atoms with E-state index in [0.29, 0.717) is 28.3 Å². The van der Waals surface area contributed by atoms with Gasteiger partial charge in [-0.1, -0.05) is 6.07 Å². The summed E-state index contributed by atoms with van der Waals surface area (Å²) >= 11 is 3.36. The van der Waals surface area contributed by atoms with Gasteiger partial charge in [-0.2, -0.15) is 4.31 Å². The fraction of sp³-hybridized carbons (Fsp3) is 0.368. The Morgan fingerprint density at radius 1 is 0.963 bits per heavy atom. The predicted octanol–water partition coefficient (Wildman–Crippen LogP) is 4.00. The van der Waals surface area contributed by atoms with Crippen LogP contribution < -0.4 is 14.2 Å². The molecule has 27 heavy (non-hydrogen) atoms. The van der Waals surface area contributed by atoms with Gasteiger partial charge in [-0.05, 0) is 64.7 Å². The first-order valence-corrected chi connectivity index (χ1v) is 10.7. The van der Waals surface area contributed by atoms with Crippen molar-refractivity contribution in [3.63, 3.8) is 0 Å². The number of ether oxygens (including phenoxy) is 3. The minimum Gasteiger partial charge on any atom is -0.496 e. The summed E-state index contributed by atoms with van der Waals surface area (Å²) in [7, 11) is 1.04. The summed E-state index contributed by atoms with van der Waals surface area (Å²) < 4.78 is 44.5. The second kappa shape index (κ2) is 8.08. The maximum absolute atomic E-state index is 13.3. The smallest absolute Gasteiger partial charge is 0.243 e. The van der Waals surface area contributed by atoms with Crippen molar-refractivity contribution in [2.45, 2.75) is 23.8 Å². The second-order valence-electron chi connectivity index (χ2n) is 6.18. The summed E-state index contributed by atoms with van der Waals surface area (Å²) in [5.41, 5.74) is 0.890. The Hall–Kier alpha value is -1.77. The van der Waals surface area contributed by atoms with Crippen LogP contribution in [-0.4, -0.2) is 40.6 Å². The molecule has 1 heterocycles. The van der Waals surface area contributed by atoms with Crippen LogP contribution >= 0.6 is 15.9 Å². The molecule has 2 aromatic carbocycles. The van der Waals surface area contributed by atoms with Gasteiger partial charge in [0.25, 0.3) is 0 Å². The van der Waals surface area contributed by atoms with E-state index in [0.717, 1.165) is 18.4 Å². The molecular weight excluding hydrogens is 434 g/mol. The van der Waals surface area contributed by atoms with Gasteiger partial charge in [0.15, 0.2) is 11.5 Å². The van der Waals surface area contributed by atoms with Gasteiger partial charge >= 0.3 is 0 Å². The summed E-state index contributed by atoms with van der Waals surface area (Å²) in [5, 5.41) is 0. The average molecular weight is 456 g/mol. The number of sulfonamides is 1. The van der Waals surface area contributed by atoms with Crippen LogP contribution in [-0.2, 0) is 10.0 Å². The molecule has 0 aliphatic carbocycles. The highest BCUT2D eigenvalue weighted by atomic mass is 79.9. The highest BCUT2D eigenvalue weighted by molar-refractivity contribution is 9.10. The Balaban J connectivity index is 1.97. The third kappa shape index (κ3) is 3.79. The molecule has 0 N–H and O–H groups in total. The molecule has 1 aliphatic rings. The van der Waals surface area contributed by atoms with Gasteiger partial charge in [-0.15, -0.1) is 0 Å². The van der Waals surface area contributed by atoms with Crippen LogP contribution in [0.2, 0.25) is 0 Å². The molecular formula is C19H22BrNO5S.